The maximum Gasteiger partial charge on any atom is 0.334 e. The minimum Gasteiger partial charge on any atom is -0.423 e. The summed E-state index contributed by atoms with van der Waals surface area (Å²) in [6.07, 6.45) is 0.819. The summed E-state index contributed by atoms with van der Waals surface area (Å²) in [5.41, 5.74) is 1.89. The molecule has 0 saturated carbocycles. The van der Waals surface area contributed by atoms with Crippen LogP contribution in [0.5, 0.6) is 5.75 Å². The third-order valence-electron chi connectivity index (χ3n) is 3.68. The van der Waals surface area contributed by atoms with E-state index in [1.165, 1.54) is 0 Å². The van der Waals surface area contributed by atoms with Crippen molar-refractivity contribution in [2.45, 2.75) is 18.9 Å². The standard InChI is InChI=1S/C18H18N2O3/c21-17(19-11-10-13-6-2-1-3-7-13)12-15-18(22)23-16-9-5-4-8-14(16)20-15/h1-9,15,20H,10-12H2,(H,19,21)/t15-/m0/s1. The highest BCUT2D eigenvalue weighted by Crippen LogP contribution is 2.29. The molecule has 5 heteroatoms. The van der Waals surface area contributed by atoms with Gasteiger partial charge in [-0.25, -0.2) is 4.79 Å². The van der Waals surface area contributed by atoms with E-state index in [0.29, 0.717) is 12.3 Å². The molecule has 118 valence electrons. The van der Waals surface area contributed by atoms with Gasteiger partial charge in [0.1, 0.15) is 6.04 Å². The van der Waals surface area contributed by atoms with E-state index in [0.717, 1.165) is 17.7 Å². The van der Waals surface area contributed by atoms with Crippen LogP contribution in [0.15, 0.2) is 54.6 Å². The van der Waals surface area contributed by atoms with Gasteiger partial charge in [0.15, 0.2) is 5.75 Å². The van der Waals surface area contributed by atoms with E-state index >= 15 is 0 Å². The largest absolute Gasteiger partial charge is 0.423 e. The van der Waals surface area contributed by atoms with Crippen molar-refractivity contribution in [2.75, 3.05) is 11.9 Å². The van der Waals surface area contributed by atoms with Crippen LogP contribution in [0.2, 0.25) is 0 Å². The van der Waals surface area contributed by atoms with Gasteiger partial charge in [0.25, 0.3) is 0 Å². The van der Waals surface area contributed by atoms with Crippen LogP contribution in [-0.2, 0) is 16.0 Å². The Morgan fingerprint density at radius 2 is 1.83 bits per heavy atom. The van der Waals surface area contributed by atoms with Crippen LogP contribution in [0.25, 0.3) is 0 Å². The zero-order valence-electron chi connectivity index (χ0n) is 12.6. The Balaban J connectivity index is 1.49. The maximum absolute atomic E-state index is 12.0. The van der Waals surface area contributed by atoms with E-state index in [1.807, 2.05) is 42.5 Å². The molecule has 2 aromatic rings. The molecular formula is C18H18N2O3. The summed E-state index contributed by atoms with van der Waals surface area (Å²) in [5, 5.41) is 5.89. The number of rotatable bonds is 5. The summed E-state index contributed by atoms with van der Waals surface area (Å²) in [4.78, 5) is 23.9. The Morgan fingerprint density at radius 3 is 2.65 bits per heavy atom. The fourth-order valence-electron chi connectivity index (χ4n) is 2.48. The average molecular weight is 310 g/mol. The summed E-state index contributed by atoms with van der Waals surface area (Å²) < 4.78 is 5.24. The molecule has 2 aromatic carbocycles. The highest BCUT2D eigenvalue weighted by Gasteiger charge is 2.29. The summed E-state index contributed by atoms with van der Waals surface area (Å²) in [6.45, 7) is 0.543. The normalized spacial score (nSPS) is 16.0. The summed E-state index contributed by atoms with van der Waals surface area (Å²) in [5.74, 6) is -0.102. The maximum atomic E-state index is 12.0. The second-order valence-corrected chi connectivity index (χ2v) is 5.40. The number of carbonyl (C=O) groups is 2. The Labute approximate surface area is 134 Å². The monoisotopic (exact) mass is 310 g/mol. The third kappa shape index (κ3) is 3.88. The first-order chi connectivity index (χ1) is 11.2. The Hall–Kier alpha value is -2.82. The van der Waals surface area contributed by atoms with Gasteiger partial charge in [0.05, 0.1) is 12.1 Å². The molecule has 1 aliphatic rings. The van der Waals surface area contributed by atoms with E-state index in [-0.39, 0.29) is 12.3 Å². The molecule has 0 aromatic heterocycles. The number of fused-ring (bicyclic) bond motifs is 1. The van der Waals surface area contributed by atoms with Gasteiger partial charge in [0, 0.05) is 6.54 Å². The molecule has 0 saturated heterocycles. The predicted octanol–water partition coefficient (Wildman–Crippen LogP) is 2.14. The molecule has 1 heterocycles. The number of esters is 1. The van der Waals surface area contributed by atoms with E-state index in [2.05, 4.69) is 10.6 Å². The van der Waals surface area contributed by atoms with Crippen LogP contribution < -0.4 is 15.4 Å². The van der Waals surface area contributed by atoms with Gasteiger partial charge in [0.2, 0.25) is 5.91 Å². The summed E-state index contributed by atoms with van der Waals surface area (Å²) in [7, 11) is 0. The van der Waals surface area contributed by atoms with Gasteiger partial charge in [-0.2, -0.15) is 0 Å². The second-order valence-electron chi connectivity index (χ2n) is 5.40. The lowest BCUT2D eigenvalue weighted by atomic mass is 10.1. The predicted molar refractivity (Wildman–Crippen MR) is 87.3 cm³/mol. The molecule has 1 atom stereocenters. The lowest BCUT2D eigenvalue weighted by Crippen LogP contribution is -2.41. The van der Waals surface area contributed by atoms with Gasteiger partial charge >= 0.3 is 5.97 Å². The van der Waals surface area contributed by atoms with Crippen LogP contribution in [0.3, 0.4) is 0 Å². The van der Waals surface area contributed by atoms with Crippen LogP contribution in [0, 0.1) is 0 Å². The van der Waals surface area contributed by atoms with Gasteiger partial charge < -0.3 is 15.4 Å². The molecule has 0 fully saturated rings. The van der Waals surface area contributed by atoms with E-state index < -0.39 is 12.0 Å². The van der Waals surface area contributed by atoms with Crippen molar-refractivity contribution in [3.63, 3.8) is 0 Å². The number of para-hydroxylation sites is 2. The molecule has 0 radical (unpaired) electrons. The van der Waals surface area contributed by atoms with Crippen molar-refractivity contribution in [1.29, 1.82) is 0 Å². The van der Waals surface area contributed by atoms with Crippen LogP contribution in [0.4, 0.5) is 5.69 Å². The molecule has 0 bridgehead atoms. The fourth-order valence-corrected chi connectivity index (χ4v) is 2.48. The van der Waals surface area contributed by atoms with Crippen molar-refractivity contribution in [3.8, 4) is 5.75 Å². The third-order valence-corrected chi connectivity index (χ3v) is 3.68. The number of carbonyl (C=O) groups excluding carboxylic acids is 2. The average Bonchev–Trinajstić information content (AvgIpc) is 2.56. The first-order valence-electron chi connectivity index (χ1n) is 7.60. The molecule has 3 rings (SSSR count). The number of hydrogen-bond acceptors (Lipinski definition) is 4. The Morgan fingerprint density at radius 1 is 1.09 bits per heavy atom. The van der Waals surface area contributed by atoms with Gasteiger partial charge in [-0.05, 0) is 24.1 Å². The molecule has 5 nitrogen and oxygen atoms in total. The first-order valence-corrected chi connectivity index (χ1v) is 7.60. The Bertz CT molecular complexity index is 700. The van der Waals surface area contributed by atoms with Crippen molar-refractivity contribution in [1.82, 2.24) is 5.32 Å². The minimum atomic E-state index is -0.651. The number of amides is 1. The number of hydrogen-bond donors (Lipinski definition) is 2. The highest BCUT2D eigenvalue weighted by molar-refractivity contribution is 5.91. The molecule has 0 spiro atoms. The van der Waals surface area contributed by atoms with E-state index in [4.69, 9.17) is 4.74 Å². The first kappa shape index (κ1) is 15.1. The summed E-state index contributed by atoms with van der Waals surface area (Å²) >= 11 is 0. The van der Waals surface area contributed by atoms with Crippen molar-refractivity contribution < 1.29 is 14.3 Å². The highest BCUT2D eigenvalue weighted by atomic mass is 16.5. The van der Waals surface area contributed by atoms with E-state index in [1.54, 1.807) is 12.1 Å². The fraction of sp³-hybridized carbons (Fsp3) is 0.222. The number of benzene rings is 2. The lowest BCUT2D eigenvalue weighted by Gasteiger charge is -2.24. The smallest absolute Gasteiger partial charge is 0.334 e. The van der Waals surface area contributed by atoms with Crippen LogP contribution >= 0.6 is 0 Å². The Kier molecular flexibility index (Phi) is 4.57. The van der Waals surface area contributed by atoms with Crippen LogP contribution in [0.1, 0.15) is 12.0 Å². The molecule has 0 aliphatic carbocycles. The minimum absolute atomic E-state index is 0.0575. The van der Waals surface area contributed by atoms with Gasteiger partial charge in [-0.3, -0.25) is 4.79 Å². The van der Waals surface area contributed by atoms with Crippen molar-refractivity contribution >= 4 is 17.6 Å². The van der Waals surface area contributed by atoms with Crippen molar-refractivity contribution in [3.05, 3.63) is 60.2 Å². The molecule has 1 aliphatic heterocycles. The number of ether oxygens (including phenoxy) is 1. The molecule has 23 heavy (non-hydrogen) atoms. The van der Waals surface area contributed by atoms with E-state index in [9.17, 15) is 9.59 Å². The van der Waals surface area contributed by atoms with Gasteiger partial charge in [-0.1, -0.05) is 42.5 Å². The van der Waals surface area contributed by atoms with Crippen LogP contribution in [-0.4, -0.2) is 24.5 Å². The molecule has 0 unspecified atom stereocenters. The lowest BCUT2D eigenvalue weighted by molar-refractivity contribution is -0.138. The quantitative estimate of drug-likeness (QED) is 0.656. The molecular weight excluding hydrogens is 292 g/mol. The topological polar surface area (TPSA) is 67.4 Å². The SMILES string of the molecule is O=C(C[C@@H]1Nc2ccccc2OC1=O)NCCc1ccccc1. The zero-order valence-corrected chi connectivity index (χ0v) is 12.6. The zero-order chi connectivity index (χ0) is 16.1. The molecule has 2 N–H and O–H groups in total. The molecule has 1 amide bonds. The van der Waals surface area contributed by atoms with Crippen molar-refractivity contribution in [2.24, 2.45) is 0 Å². The van der Waals surface area contributed by atoms with Gasteiger partial charge in [-0.15, -0.1) is 0 Å². The number of anilines is 1. The number of nitrogens with one attached hydrogen (secondary N) is 2. The summed E-state index contributed by atoms with van der Waals surface area (Å²) in [6, 6.07) is 16.5. The second kappa shape index (κ2) is 6.96.